The highest BCUT2D eigenvalue weighted by atomic mass is 19.1. The van der Waals surface area contributed by atoms with Crippen molar-refractivity contribution in [1.29, 1.82) is 0 Å². The Balaban J connectivity index is 0.000000677. The molecule has 0 heterocycles. The molecule has 0 fully saturated rings. The first-order valence-electron chi connectivity index (χ1n) is 19.8. The molecule has 0 aliphatic rings. The van der Waals surface area contributed by atoms with Gasteiger partial charge in [0, 0.05) is 0 Å². The third kappa shape index (κ3) is 28.0. The number of aryl methyl sites for hydroxylation is 7. The van der Waals surface area contributed by atoms with Gasteiger partial charge in [0.05, 0.1) is 0 Å². The van der Waals surface area contributed by atoms with Gasteiger partial charge in [-0.1, -0.05) is 193 Å². The molecule has 4 rings (SSSR count). The van der Waals surface area contributed by atoms with E-state index >= 15 is 0 Å². The van der Waals surface area contributed by atoms with E-state index in [2.05, 4.69) is 176 Å². The summed E-state index contributed by atoms with van der Waals surface area (Å²) in [5.74, 6) is -0.107. The van der Waals surface area contributed by atoms with Crippen molar-refractivity contribution in [2.24, 2.45) is 21.7 Å². The maximum atomic E-state index is 13.0. The fraction of sp³-hybridized carbons (Fsp3) is 0.538. The van der Waals surface area contributed by atoms with E-state index in [1.165, 1.54) is 71.9 Å². The maximum absolute atomic E-state index is 13.0. The third-order valence-corrected chi connectivity index (χ3v) is 8.96. The molecule has 0 bridgehead atoms. The summed E-state index contributed by atoms with van der Waals surface area (Å²) >= 11 is 0. The van der Waals surface area contributed by atoms with E-state index in [-0.39, 0.29) is 13.2 Å². The van der Waals surface area contributed by atoms with Crippen LogP contribution in [0, 0.1) is 48.2 Å². The van der Waals surface area contributed by atoms with Gasteiger partial charge in [0.25, 0.3) is 0 Å². The van der Waals surface area contributed by atoms with E-state index in [1.807, 2.05) is 19.1 Å². The predicted molar refractivity (Wildman–Crippen MR) is 238 cm³/mol. The van der Waals surface area contributed by atoms with E-state index in [9.17, 15) is 4.39 Å². The smallest absolute Gasteiger partial charge is 0.126 e. The summed E-state index contributed by atoms with van der Waals surface area (Å²) in [5.41, 5.74) is 10.7. The van der Waals surface area contributed by atoms with Crippen LogP contribution in [0.1, 0.15) is 155 Å². The zero-order valence-corrected chi connectivity index (χ0v) is 36.3. The van der Waals surface area contributed by atoms with Gasteiger partial charge < -0.3 is 0 Å². The second-order valence-corrected chi connectivity index (χ2v) is 19.8. The van der Waals surface area contributed by atoms with Crippen molar-refractivity contribution in [2.75, 3.05) is 0 Å². The summed E-state index contributed by atoms with van der Waals surface area (Å²) in [7, 11) is 0. The van der Waals surface area contributed by atoms with E-state index < -0.39 is 0 Å². The molecule has 296 valence electrons. The molecule has 0 amide bonds. The summed E-state index contributed by atoms with van der Waals surface area (Å²) in [5, 5.41) is 0. The quantitative estimate of drug-likeness (QED) is 0.170. The van der Waals surface area contributed by atoms with Crippen LogP contribution in [0.2, 0.25) is 0 Å². The molecule has 1 heteroatoms. The lowest BCUT2D eigenvalue weighted by atomic mass is 9.88. The summed E-state index contributed by atoms with van der Waals surface area (Å²) in [6.07, 6.45) is 9.55. The van der Waals surface area contributed by atoms with Crippen LogP contribution < -0.4 is 0 Å². The minimum absolute atomic E-state index is 0. The number of benzene rings is 4. The molecule has 0 unspecified atom stereocenters. The largest absolute Gasteiger partial charge is 0.207 e. The molecule has 0 N–H and O–H groups in total. The van der Waals surface area contributed by atoms with Gasteiger partial charge in [0.15, 0.2) is 0 Å². The Bertz CT molecular complexity index is 1440. The van der Waals surface area contributed by atoms with Crippen LogP contribution in [0.4, 0.5) is 4.39 Å². The molecule has 0 radical (unpaired) electrons. The van der Waals surface area contributed by atoms with Gasteiger partial charge in [-0.15, -0.1) is 0 Å². The fourth-order valence-corrected chi connectivity index (χ4v) is 5.09. The minimum atomic E-state index is -0.107. The van der Waals surface area contributed by atoms with Crippen LogP contribution in [0.3, 0.4) is 0 Å². The lowest BCUT2D eigenvalue weighted by Gasteiger charge is -2.17. The third-order valence-electron chi connectivity index (χ3n) is 8.96. The van der Waals surface area contributed by atoms with E-state index in [0.717, 1.165) is 18.4 Å². The highest BCUT2D eigenvalue weighted by Crippen LogP contribution is 2.24. The molecule has 0 aromatic heterocycles. The Morgan fingerprint density at radius 3 is 0.962 bits per heavy atom. The Kier molecular flexibility index (Phi) is 22.1. The van der Waals surface area contributed by atoms with E-state index in [4.69, 9.17) is 0 Å². The second-order valence-electron chi connectivity index (χ2n) is 19.8. The zero-order chi connectivity index (χ0) is 39.6. The predicted octanol–water partition coefficient (Wildman–Crippen LogP) is 16.4. The summed E-state index contributed by atoms with van der Waals surface area (Å²) in [6.45, 7) is 33.4. The molecule has 0 nitrogen and oxygen atoms in total. The highest BCUT2D eigenvalue weighted by molar-refractivity contribution is 5.24. The zero-order valence-electron chi connectivity index (χ0n) is 36.3. The number of rotatable bonds is 8. The van der Waals surface area contributed by atoms with E-state index in [0.29, 0.717) is 21.7 Å². The molecule has 0 atom stereocenters. The van der Waals surface area contributed by atoms with Crippen LogP contribution in [-0.4, -0.2) is 0 Å². The lowest BCUT2D eigenvalue weighted by molar-refractivity contribution is 0.378. The Labute approximate surface area is 329 Å². The van der Waals surface area contributed by atoms with Gasteiger partial charge in [-0.25, -0.2) is 4.39 Å². The van der Waals surface area contributed by atoms with Gasteiger partial charge in [-0.2, -0.15) is 0 Å². The van der Waals surface area contributed by atoms with E-state index in [1.54, 1.807) is 6.07 Å². The van der Waals surface area contributed by atoms with Crippen LogP contribution in [-0.2, 0) is 25.7 Å². The molecule has 53 heavy (non-hydrogen) atoms. The topological polar surface area (TPSA) is 0 Å². The summed E-state index contributed by atoms with van der Waals surface area (Å²) in [6, 6.07) is 33.8. The first-order chi connectivity index (χ1) is 23.9. The standard InChI is InChI=1S/C13H19F.2C13H20.C12H18.CH4/c1-10-9-11(5-6-12(10)14)7-8-13(2,3)4;2*1-11-5-7-12(8-6-11)9-10-13(2,3)4;1-12(2,3)10-9-11-7-5-4-6-8-11;/h5-6,9H,7-8H2,1-4H3;2*5-8H,9-10H2,1-4H3;4-8H,9-10H2,1-3H3;1H4. The first-order valence-corrected chi connectivity index (χ1v) is 19.8. The van der Waals surface area contributed by atoms with Crippen molar-refractivity contribution in [3.8, 4) is 0 Å². The molecular weight excluding hydrogens is 644 g/mol. The highest BCUT2D eigenvalue weighted by Gasteiger charge is 2.12. The van der Waals surface area contributed by atoms with Crippen LogP contribution >= 0.6 is 0 Å². The first kappa shape index (κ1) is 49.8. The van der Waals surface area contributed by atoms with Crippen molar-refractivity contribution in [1.82, 2.24) is 0 Å². The number of hydrogen-bond donors (Lipinski definition) is 0. The monoisotopic (exact) mass is 725 g/mol. The Morgan fingerprint density at radius 2 is 0.660 bits per heavy atom. The number of halogens is 1. The molecule has 4 aromatic carbocycles. The normalized spacial score (nSPS) is 11.5. The van der Waals surface area contributed by atoms with Crippen molar-refractivity contribution in [3.05, 3.63) is 142 Å². The van der Waals surface area contributed by atoms with Crippen LogP contribution in [0.15, 0.2) is 97.1 Å². The average molecular weight is 725 g/mol. The molecule has 0 saturated heterocycles. The molecule has 0 aliphatic carbocycles. The van der Waals surface area contributed by atoms with Gasteiger partial charge in [-0.05, 0) is 128 Å². The van der Waals surface area contributed by atoms with Crippen LogP contribution in [0.5, 0.6) is 0 Å². The fourth-order valence-electron chi connectivity index (χ4n) is 5.09. The molecular formula is C52H81F. The molecule has 0 aliphatic heterocycles. The Hall–Kier alpha value is -3.19. The van der Waals surface area contributed by atoms with Gasteiger partial charge in [0.1, 0.15) is 5.82 Å². The minimum Gasteiger partial charge on any atom is -0.207 e. The van der Waals surface area contributed by atoms with Gasteiger partial charge in [0.2, 0.25) is 0 Å². The molecule has 4 aromatic rings. The van der Waals surface area contributed by atoms with Gasteiger partial charge in [-0.3, -0.25) is 0 Å². The average Bonchev–Trinajstić information content (AvgIpc) is 3.04. The van der Waals surface area contributed by atoms with Crippen molar-refractivity contribution in [3.63, 3.8) is 0 Å². The second kappa shape index (κ2) is 23.6. The van der Waals surface area contributed by atoms with Crippen LogP contribution in [0.25, 0.3) is 0 Å². The SMILES string of the molecule is C.CC(C)(C)CCc1ccccc1.Cc1cc(CCC(C)(C)C)ccc1F.Cc1ccc(CCC(C)(C)C)cc1.Cc1ccc(CCC(C)(C)C)cc1. The Morgan fingerprint density at radius 1 is 0.377 bits per heavy atom. The summed E-state index contributed by atoms with van der Waals surface area (Å²) in [4.78, 5) is 0. The maximum Gasteiger partial charge on any atom is 0.126 e. The lowest BCUT2D eigenvalue weighted by Crippen LogP contribution is -2.06. The summed E-state index contributed by atoms with van der Waals surface area (Å²) < 4.78 is 13.0. The molecule has 0 saturated carbocycles. The number of hydrogen-bond acceptors (Lipinski definition) is 0. The van der Waals surface area contributed by atoms with Crippen molar-refractivity contribution >= 4 is 0 Å². The van der Waals surface area contributed by atoms with Crippen molar-refractivity contribution < 1.29 is 4.39 Å². The van der Waals surface area contributed by atoms with Gasteiger partial charge >= 0.3 is 0 Å². The molecule has 0 spiro atoms. The van der Waals surface area contributed by atoms with Crippen molar-refractivity contribution in [2.45, 2.75) is 163 Å².